The highest BCUT2D eigenvalue weighted by Crippen LogP contribution is 2.23. The fourth-order valence-corrected chi connectivity index (χ4v) is 2.28. The van der Waals surface area contributed by atoms with Gasteiger partial charge in [-0.3, -0.25) is 4.79 Å². The van der Waals surface area contributed by atoms with Crippen LogP contribution >= 0.6 is 0 Å². The van der Waals surface area contributed by atoms with E-state index in [2.05, 4.69) is 5.16 Å². The van der Waals surface area contributed by atoms with E-state index < -0.39 is 18.6 Å². The fourth-order valence-electron chi connectivity index (χ4n) is 2.28. The topological polar surface area (TPSA) is 59.5 Å². The molecular weight excluding hydrogens is 337 g/mol. The summed E-state index contributed by atoms with van der Waals surface area (Å²) < 4.78 is 48.6. The zero-order valence-corrected chi connectivity index (χ0v) is 12.9. The minimum absolute atomic E-state index is 0.199. The molecule has 2 heterocycles. The molecule has 0 spiro atoms. The maximum absolute atomic E-state index is 12.8. The Hall–Kier alpha value is -3.03. The number of rotatable bonds is 5. The summed E-state index contributed by atoms with van der Waals surface area (Å²) in [6.45, 7) is -1.74. The van der Waals surface area contributed by atoms with Crippen LogP contribution in [0.2, 0.25) is 0 Å². The molecule has 0 bridgehead atoms. The van der Waals surface area contributed by atoms with Crippen molar-refractivity contribution in [3.63, 3.8) is 0 Å². The molecule has 0 fully saturated rings. The number of halogens is 3. The van der Waals surface area contributed by atoms with Crippen molar-refractivity contribution in [2.24, 2.45) is 0 Å². The van der Waals surface area contributed by atoms with Crippen LogP contribution in [0.1, 0.15) is 16.2 Å². The van der Waals surface area contributed by atoms with Crippen molar-refractivity contribution in [1.29, 1.82) is 0 Å². The predicted octanol–water partition coefficient (Wildman–Crippen LogP) is 4.14. The average Bonchev–Trinajstić information content (AvgIpc) is 3.25. The molecule has 3 rings (SSSR count). The smallest absolute Gasteiger partial charge is 0.406 e. The lowest BCUT2D eigenvalue weighted by Gasteiger charge is -2.21. The van der Waals surface area contributed by atoms with Gasteiger partial charge in [0.2, 0.25) is 0 Å². The number of furan rings is 1. The Morgan fingerprint density at radius 3 is 2.52 bits per heavy atom. The summed E-state index contributed by atoms with van der Waals surface area (Å²) in [6, 6.07) is 13.2. The number of amides is 1. The molecule has 0 radical (unpaired) electrons. The number of aromatic nitrogens is 1. The quantitative estimate of drug-likeness (QED) is 0.694. The highest BCUT2D eigenvalue weighted by Gasteiger charge is 2.34. The largest absolute Gasteiger partial charge is 0.467 e. The van der Waals surface area contributed by atoms with Gasteiger partial charge in [-0.05, 0) is 12.1 Å². The summed E-state index contributed by atoms with van der Waals surface area (Å²) in [5.41, 5.74) is 0.470. The van der Waals surface area contributed by atoms with Crippen molar-refractivity contribution in [2.45, 2.75) is 12.7 Å². The number of hydrogen-bond acceptors (Lipinski definition) is 4. The Labute approximate surface area is 140 Å². The van der Waals surface area contributed by atoms with E-state index in [0.717, 1.165) is 0 Å². The van der Waals surface area contributed by atoms with Crippen LogP contribution in [0.15, 0.2) is 63.7 Å². The van der Waals surface area contributed by atoms with Crippen LogP contribution in [0, 0.1) is 0 Å². The van der Waals surface area contributed by atoms with Gasteiger partial charge in [-0.25, -0.2) is 0 Å². The number of hydrogen-bond donors (Lipinski definition) is 0. The van der Waals surface area contributed by atoms with Gasteiger partial charge >= 0.3 is 6.18 Å². The van der Waals surface area contributed by atoms with Crippen LogP contribution in [0.5, 0.6) is 0 Å². The van der Waals surface area contributed by atoms with Gasteiger partial charge < -0.3 is 13.8 Å². The van der Waals surface area contributed by atoms with Gasteiger partial charge in [0.1, 0.15) is 12.3 Å². The second kappa shape index (κ2) is 6.84. The van der Waals surface area contributed by atoms with E-state index in [0.29, 0.717) is 16.2 Å². The van der Waals surface area contributed by atoms with Crippen molar-refractivity contribution < 1.29 is 26.9 Å². The minimum Gasteiger partial charge on any atom is -0.467 e. The third-order valence-corrected chi connectivity index (χ3v) is 3.37. The van der Waals surface area contributed by atoms with Gasteiger partial charge in [-0.1, -0.05) is 35.5 Å². The van der Waals surface area contributed by atoms with Crippen LogP contribution in [-0.2, 0) is 6.54 Å². The molecule has 1 amide bonds. The normalized spacial score (nSPS) is 11.5. The fraction of sp³-hybridized carbons (Fsp3) is 0.176. The molecule has 0 aliphatic rings. The van der Waals surface area contributed by atoms with Gasteiger partial charge in [0, 0.05) is 11.6 Å². The Balaban J connectivity index is 1.83. The first kappa shape index (κ1) is 16.8. The SMILES string of the molecule is O=C(c1cc(-c2ccccc2)on1)N(Cc1ccco1)CC(F)(F)F. The first-order chi connectivity index (χ1) is 11.9. The maximum atomic E-state index is 12.8. The molecule has 25 heavy (non-hydrogen) atoms. The summed E-state index contributed by atoms with van der Waals surface area (Å²) in [5.74, 6) is -0.349. The molecule has 130 valence electrons. The van der Waals surface area contributed by atoms with Gasteiger partial charge in [-0.15, -0.1) is 0 Å². The lowest BCUT2D eigenvalue weighted by molar-refractivity contribution is -0.142. The molecule has 0 aliphatic carbocycles. The summed E-state index contributed by atoms with van der Waals surface area (Å²) in [6.07, 6.45) is -3.22. The van der Waals surface area contributed by atoms with Gasteiger partial charge in [0.05, 0.1) is 12.8 Å². The Morgan fingerprint density at radius 2 is 1.88 bits per heavy atom. The van der Waals surface area contributed by atoms with Crippen molar-refractivity contribution >= 4 is 5.91 Å². The average molecular weight is 350 g/mol. The summed E-state index contributed by atoms with van der Waals surface area (Å²) in [5, 5.41) is 3.61. The standard InChI is InChI=1S/C17H13F3N2O3/c18-17(19,20)11-22(10-13-7-4-8-24-13)16(23)14-9-15(25-21-14)12-5-2-1-3-6-12/h1-9H,10-11H2. The Morgan fingerprint density at radius 1 is 1.12 bits per heavy atom. The third-order valence-electron chi connectivity index (χ3n) is 3.37. The molecule has 5 nitrogen and oxygen atoms in total. The molecule has 0 aliphatic heterocycles. The van der Waals surface area contributed by atoms with Gasteiger partial charge in [-0.2, -0.15) is 13.2 Å². The zero-order chi connectivity index (χ0) is 17.9. The summed E-state index contributed by atoms with van der Waals surface area (Å²) in [4.78, 5) is 13.1. The highest BCUT2D eigenvalue weighted by molar-refractivity contribution is 5.93. The van der Waals surface area contributed by atoms with Crippen molar-refractivity contribution in [1.82, 2.24) is 10.1 Å². The second-order valence-corrected chi connectivity index (χ2v) is 5.30. The van der Waals surface area contributed by atoms with Crippen LogP contribution in [0.4, 0.5) is 13.2 Å². The van der Waals surface area contributed by atoms with Gasteiger partial charge in [0.25, 0.3) is 5.91 Å². The second-order valence-electron chi connectivity index (χ2n) is 5.30. The maximum Gasteiger partial charge on any atom is 0.406 e. The lowest BCUT2D eigenvalue weighted by atomic mass is 10.1. The summed E-state index contributed by atoms with van der Waals surface area (Å²) in [7, 11) is 0. The van der Waals surface area contributed by atoms with E-state index in [4.69, 9.17) is 8.94 Å². The lowest BCUT2D eigenvalue weighted by Crippen LogP contribution is -2.38. The third kappa shape index (κ3) is 4.28. The van der Waals surface area contributed by atoms with Crippen LogP contribution in [0.3, 0.4) is 0 Å². The molecule has 0 saturated heterocycles. The molecule has 8 heteroatoms. The van der Waals surface area contributed by atoms with E-state index in [1.165, 1.54) is 24.5 Å². The number of benzene rings is 1. The van der Waals surface area contributed by atoms with E-state index >= 15 is 0 Å². The Bertz CT molecular complexity index is 826. The van der Waals surface area contributed by atoms with E-state index in [1.54, 1.807) is 30.3 Å². The first-order valence-corrected chi connectivity index (χ1v) is 7.33. The number of nitrogens with zero attached hydrogens (tertiary/aromatic N) is 2. The predicted molar refractivity (Wildman–Crippen MR) is 81.4 cm³/mol. The van der Waals surface area contributed by atoms with Crippen molar-refractivity contribution in [3.8, 4) is 11.3 Å². The molecule has 2 aromatic heterocycles. The van der Waals surface area contributed by atoms with E-state index in [1.807, 2.05) is 0 Å². The molecule has 1 aromatic carbocycles. The number of alkyl halides is 3. The van der Waals surface area contributed by atoms with Gasteiger partial charge in [0.15, 0.2) is 11.5 Å². The molecule has 0 atom stereocenters. The van der Waals surface area contributed by atoms with Crippen molar-refractivity contribution in [2.75, 3.05) is 6.54 Å². The summed E-state index contributed by atoms with van der Waals surface area (Å²) >= 11 is 0. The van der Waals surface area contributed by atoms with Crippen LogP contribution in [-0.4, -0.2) is 28.7 Å². The van der Waals surface area contributed by atoms with Crippen LogP contribution < -0.4 is 0 Å². The first-order valence-electron chi connectivity index (χ1n) is 7.33. The molecule has 0 unspecified atom stereocenters. The number of carbonyl (C=O) groups is 1. The minimum atomic E-state index is -4.55. The van der Waals surface area contributed by atoms with E-state index in [9.17, 15) is 18.0 Å². The van der Waals surface area contributed by atoms with E-state index in [-0.39, 0.29) is 18.0 Å². The molecule has 0 N–H and O–H groups in total. The molecule has 3 aromatic rings. The molecular formula is C17H13F3N2O3. The monoisotopic (exact) mass is 350 g/mol. The number of carbonyl (C=O) groups excluding carboxylic acids is 1. The Kier molecular flexibility index (Phi) is 4.60. The zero-order valence-electron chi connectivity index (χ0n) is 12.9. The van der Waals surface area contributed by atoms with Crippen LogP contribution in [0.25, 0.3) is 11.3 Å². The highest BCUT2D eigenvalue weighted by atomic mass is 19.4. The van der Waals surface area contributed by atoms with Crippen molar-refractivity contribution in [3.05, 3.63) is 66.2 Å². The molecule has 0 saturated carbocycles.